The van der Waals surface area contributed by atoms with E-state index in [1.54, 1.807) is 24.3 Å². The fourth-order valence-electron chi connectivity index (χ4n) is 3.27. The van der Waals surface area contributed by atoms with E-state index in [4.69, 9.17) is 9.47 Å². The van der Waals surface area contributed by atoms with Crippen molar-refractivity contribution in [2.75, 3.05) is 13.3 Å². The molecule has 1 N–H and O–H groups in total. The van der Waals surface area contributed by atoms with Crippen molar-refractivity contribution in [3.8, 4) is 11.5 Å². The molecule has 8 nitrogen and oxygen atoms in total. The van der Waals surface area contributed by atoms with Crippen LogP contribution >= 0.6 is 15.9 Å². The summed E-state index contributed by atoms with van der Waals surface area (Å²) in [5.74, 6) is 0.625. The number of fused-ring (bicyclic) bond motifs is 1. The number of benzene rings is 3. The van der Waals surface area contributed by atoms with Crippen LogP contribution in [-0.4, -0.2) is 38.2 Å². The number of hydrazone groups is 1. The van der Waals surface area contributed by atoms with Crippen molar-refractivity contribution < 1.29 is 22.7 Å². The third-order valence-electron chi connectivity index (χ3n) is 5.07. The monoisotopic (exact) mass is 543 g/mol. The molecule has 176 valence electrons. The van der Waals surface area contributed by atoms with Gasteiger partial charge in [0.1, 0.15) is 0 Å². The Balaban J connectivity index is 1.50. The highest BCUT2D eigenvalue weighted by Crippen LogP contribution is 2.36. The van der Waals surface area contributed by atoms with Crippen LogP contribution in [0.2, 0.25) is 0 Å². The summed E-state index contributed by atoms with van der Waals surface area (Å²) in [5, 5.41) is 3.98. The van der Waals surface area contributed by atoms with Gasteiger partial charge in [-0.2, -0.15) is 9.41 Å². The van der Waals surface area contributed by atoms with Crippen molar-refractivity contribution >= 4 is 38.1 Å². The Morgan fingerprint density at radius 3 is 2.47 bits per heavy atom. The fraction of sp³-hybridized carbons (Fsp3) is 0.167. The summed E-state index contributed by atoms with van der Waals surface area (Å²) in [7, 11) is -3.92. The highest BCUT2D eigenvalue weighted by Gasteiger charge is 2.27. The number of carbonyl (C=O) groups excluding carboxylic acids is 1. The summed E-state index contributed by atoms with van der Waals surface area (Å²) in [6, 6.07) is 19.1. The van der Waals surface area contributed by atoms with Crippen LogP contribution in [-0.2, 0) is 21.4 Å². The molecule has 3 aromatic carbocycles. The van der Waals surface area contributed by atoms with Crippen molar-refractivity contribution in [3.63, 3.8) is 0 Å². The van der Waals surface area contributed by atoms with E-state index in [2.05, 4.69) is 26.5 Å². The average molecular weight is 544 g/mol. The Labute approximate surface area is 206 Å². The van der Waals surface area contributed by atoms with Crippen molar-refractivity contribution in [1.29, 1.82) is 0 Å². The van der Waals surface area contributed by atoms with Gasteiger partial charge in [0, 0.05) is 16.6 Å². The maximum Gasteiger partial charge on any atom is 0.255 e. The van der Waals surface area contributed by atoms with Gasteiger partial charge in [-0.1, -0.05) is 48.0 Å². The first-order valence-corrected chi connectivity index (χ1v) is 12.6. The smallest absolute Gasteiger partial charge is 0.255 e. The number of ether oxygens (including phenoxy) is 2. The lowest BCUT2D eigenvalue weighted by molar-refractivity contribution is -0.121. The molecule has 1 aliphatic rings. The molecule has 1 heterocycles. The minimum Gasteiger partial charge on any atom is -0.454 e. The molecule has 0 saturated carbocycles. The van der Waals surface area contributed by atoms with Crippen LogP contribution in [0, 0.1) is 6.92 Å². The molecule has 1 amide bonds. The first kappa shape index (κ1) is 23.9. The Morgan fingerprint density at radius 2 is 1.76 bits per heavy atom. The maximum atomic E-state index is 13.3. The number of sulfonamides is 1. The van der Waals surface area contributed by atoms with Crippen molar-refractivity contribution in [2.24, 2.45) is 5.10 Å². The topological polar surface area (TPSA) is 97.3 Å². The van der Waals surface area contributed by atoms with Crippen LogP contribution in [0.1, 0.15) is 16.7 Å². The van der Waals surface area contributed by atoms with E-state index < -0.39 is 22.5 Å². The lowest BCUT2D eigenvalue weighted by atomic mass is 10.2. The van der Waals surface area contributed by atoms with Crippen LogP contribution in [0.25, 0.3) is 0 Å². The molecule has 0 unspecified atom stereocenters. The molecule has 0 aromatic heterocycles. The number of rotatable bonds is 8. The molecule has 0 spiro atoms. The third kappa shape index (κ3) is 5.64. The molecular formula is C24H22BrN3O5S. The minimum absolute atomic E-state index is 0.0435. The number of aryl methyl sites for hydroxylation is 1. The normalized spacial score (nSPS) is 12.9. The summed E-state index contributed by atoms with van der Waals surface area (Å²) in [6.07, 6.45) is 1.44. The van der Waals surface area contributed by atoms with Crippen LogP contribution in [0.4, 0.5) is 0 Å². The second kappa shape index (κ2) is 10.4. The maximum absolute atomic E-state index is 13.3. The zero-order chi connectivity index (χ0) is 24.1. The number of halogens is 1. The first-order chi connectivity index (χ1) is 16.3. The molecule has 0 bridgehead atoms. The Kier molecular flexibility index (Phi) is 7.30. The Morgan fingerprint density at radius 1 is 1.09 bits per heavy atom. The zero-order valence-corrected chi connectivity index (χ0v) is 20.7. The van der Waals surface area contributed by atoms with Gasteiger partial charge in [-0.05, 0) is 52.7 Å². The van der Waals surface area contributed by atoms with Crippen molar-refractivity contribution in [2.45, 2.75) is 18.4 Å². The van der Waals surface area contributed by atoms with Gasteiger partial charge in [0.05, 0.1) is 17.7 Å². The molecule has 34 heavy (non-hydrogen) atoms. The zero-order valence-electron chi connectivity index (χ0n) is 18.3. The number of nitrogens with one attached hydrogen (secondary N) is 1. The van der Waals surface area contributed by atoms with Crippen LogP contribution in [0.3, 0.4) is 0 Å². The average Bonchev–Trinajstić information content (AvgIpc) is 3.27. The molecule has 10 heteroatoms. The number of carbonyl (C=O) groups is 1. The van der Waals surface area contributed by atoms with Gasteiger partial charge in [-0.15, -0.1) is 0 Å². The van der Waals surface area contributed by atoms with Crippen LogP contribution in [0.5, 0.6) is 11.5 Å². The number of nitrogens with zero attached hydrogens (tertiary/aromatic N) is 2. The predicted molar refractivity (Wildman–Crippen MR) is 131 cm³/mol. The van der Waals surface area contributed by atoms with E-state index >= 15 is 0 Å². The standard InChI is InChI=1S/C24H22BrN3O5S/c1-17-7-9-20(10-8-17)34(30,31)28(14-18-5-3-2-4-6-18)15-24(29)27-26-13-19-11-22-23(12-21(19)25)33-16-32-22/h2-13H,14-16H2,1H3,(H,27,29)/b26-13-. The van der Waals surface area contributed by atoms with Crippen LogP contribution in [0.15, 0.2) is 81.2 Å². The van der Waals surface area contributed by atoms with Crippen molar-refractivity contribution in [1.82, 2.24) is 9.73 Å². The van der Waals surface area contributed by atoms with Crippen molar-refractivity contribution in [3.05, 3.63) is 87.9 Å². The molecule has 1 aliphatic heterocycles. The number of hydrogen-bond acceptors (Lipinski definition) is 6. The van der Waals surface area contributed by atoms with E-state index in [1.165, 1.54) is 18.3 Å². The Hall–Kier alpha value is -3.21. The molecule has 0 saturated heterocycles. The van der Waals surface area contributed by atoms with Gasteiger partial charge in [0.15, 0.2) is 11.5 Å². The SMILES string of the molecule is Cc1ccc(S(=O)(=O)N(CC(=O)N/N=C\c2cc3c(cc2Br)OCO3)Cc2ccccc2)cc1. The first-order valence-electron chi connectivity index (χ1n) is 10.3. The van der Waals surface area contributed by atoms with Gasteiger partial charge in [-0.25, -0.2) is 13.8 Å². The van der Waals surface area contributed by atoms with E-state index in [0.717, 1.165) is 15.4 Å². The minimum atomic E-state index is -3.92. The van der Waals surface area contributed by atoms with E-state index in [-0.39, 0.29) is 18.2 Å². The number of amides is 1. The second-order valence-corrected chi connectivity index (χ2v) is 10.4. The Bertz CT molecular complexity index is 1310. The molecular weight excluding hydrogens is 522 g/mol. The quantitative estimate of drug-likeness (QED) is 0.344. The molecule has 0 atom stereocenters. The molecule has 0 fully saturated rings. The van der Waals surface area contributed by atoms with Gasteiger partial charge in [-0.3, -0.25) is 4.79 Å². The highest BCUT2D eigenvalue weighted by atomic mass is 79.9. The number of hydrogen-bond donors (Lipinski definition) is 1. The summed E-state index contributed by atoms with van der Waals surface area (Å²) in [4.78, 5) is 12.8. The van der Waals surface area contributed by atoms with Gasteiger partial charge < -0.3 is 9.47 Å². The van der Waals surface area contributed by atoms with Gasteiger partial charge in [0.25, 0.3) is 5.91 Å². The second-order valence-electron chi connectivity index (χ2n) is 7.59. The third-order valence-corrected chi connectivity index (χ3v) is 7.56. The van der Waals surface area contributed by atoms with Crippen LogP contribution < -0.4 is 14.9 Å². The molecule has 3 aromatic rings. The molecule has 0 radical (unpaired) electrons. The predicted octanol–water partition coefficient (Wildman–Crippen LogP) is 3.83. The summed E-state index contributed by atoms with van der Waals surface area (Å²) < 4.78 is 39.1. The van der Waals surface area contributed by atoms with E-state index in [0.29, 0.717) is 21.5 Å². The lowest BCUT2D eigenvalue weighted by Gasteiger charge is -2.21. The summed E-state index contributed by atoms with van der Waals surface area (Å²) in [5.41, 5.74) is 4.77. The summed E-state index contributed by atoms with van der Waals surface area (Å²) >= 11 is 3.42. The van der Waals surface area contributed by atoms with Gasteiger partial charge >= 0.3 is 0 Å². The molecule has 0 aliphatic carbocycles. The largest absolute Gasteiger partial charge is 0.454 e. The fourth-order valence-corrected chi connectivity index (χ4v) is 5.08. The lowest BCUT2D eigenvalue weighted by Crippen LogP contribution is -2.39. The highest BCUT2D eigenvalue weighted by molar-refractivity contribution is 9.10. The van der Waals surface area contributed by atoms with Gasteiger partial charge in [0.2, 0.25) is 16.8 Å². The molecule has 4 rings (SSSR count). The van der Waals surface area contributed by atoms with E-state index in [9.17, 15) is 13.2 Å². The van der Waals surface area contributed by atoms with E-state index in [1.807, 2.05) is 37.3 Å². The summed E-state index contributed by atoms with van der Waals surface area (Å²) in [6.45, 7) is 1.67.